The van der Waals surface area contributed by atoms with Crippen LogP contribution in [-0.2, 0) is 0 Å². The summed E-state index contributed by atoms with van der Waals surface area (Å²) >= 11 is 0. The van der Waals surface area contributed by atoms with Gasteiger partial charge in [-0.2, -0.15) is 0 Å². The van der Waals surface area contributed by atoms with E-state index in [1.165, 1.54) is 5.47 Å². The van der Waals surface area contributed by atoms with Crippen molar-refractivity contribution >= 4 is 6.85 Å². The van der Waals surface area contributed by atoms with Gasteiger partial charge in [-0.1, -0.05) is 23.6 Å². The van der Waals surface area contributed by atoms with Crippen LogP contribution >= 0.6 is 0 Å². The van der Waals surface area contributed by atoms with Gasteiger partial charge in [-0.05, 0) is 31.5 Å². The first-order valence-corrected chi connectivity index (χ1v) is 3.85. The Bertz CT molecular complexity index is 273. The first-order chi connectivity index (χ1) is 5.38. The van der Waals surface area contributed by atoms with Crippen molar-refractivity contribution in [2.24, 2.45) is 0 Å². The second-order valence-corrected chi connectivity index (χ2v) is 2.87. The molecular formula is C9H10BN. The van der Waals surface area contributed by atoms with E-state index in [0.29, 0.717) is 6.85 Å². The number of hydrogen-bond acceptors (Lipinski definition) is 1. The highest BCUT2D eigenvalue weighted by atomic mass is 15.0. The highest BCUT2D eigenvalue weighted by Gasteiger charge is 2.21. The average Bonchev–Trinajstić information content (AvgIpc) is 2.06. The zero-order valence-electron chi connectivity index (χ0n) is 6.57. The summed E-state index contributed by atoms with van der Waals surface area (Å²) in [6.07, 6.45) is 12.6. The molecule has 0 radical (unpaired) electrons. The summed E-state index contributed by atoms with van der Waals surface area (Å²) in [6.45, 7) is 2.62. The minimum Gasteiger partial charge on any atom is -0.390 e. The molecule has 0 atom stereocenters. The summed E-state index contributed by atoms with van der Waals surface area (Å²) in [5, 5.41) is 0. The van der Waals surface area contributed by atoms with E-state index in [-0.39, 0.29) is 0 Å². The monoisotopic (exact) mass is 143 g/mol. The zero-order valence-corrected chi connectivity index (χ0v) is 6.57. The molecule has 0 aromatic rings. The molecule has 0 saturated carbocycles. The summed E-state index contributed by atoms with van der Waals surface area (Å²) in [4.78, 5) is 2.20. The van der Waals surface area contributed by atoms with Crippen LogP contribution in [0, 0.1) is 0 Å². The maximum Gasteiger partial charge on any atom is 0.315 e. The first-order valence-electron chi connectivity index (χ1n) is 3.85. The minimum atomic E-state index is 0.463. The van der Waals surface area contributed by atoms with Crippen molar-refractivity contribution in [2.45, 2.75) is 6.92 Å². The first kappa shape index (κ1) is 6.53. The van der Waals surface area contributed by atoms with Gasteiger partial charge >= 0.3 is 6.85 Å². The molecule has 54 valence electrons. The van der Waals surface area contributed by atoms with Crippen LogP contribution in [-0.4, -0.2) is 11.7 Å². The second kappa shape index (κ2) is 2.46. The molecule has 11 heavy (non-hydrogen) atoms. The maximum absolute atomic E-state index is 2.20. The molecule has 0 amide bonds. The van der Waals surface area contributed by atoms with Crippen molar-refractivity contribution in [2.75, 3.05) is 0 Å². The van der Waals surface area contributed by atoms with Crippen LogP contribution < -0.4 is 0 Å². The number of allylic oxidation sites excluding steroid dienone is 5. The molecule has 0 aliphatic carbocycles. The fourth-order valence-electron chi connectivity index (χ4n) is 1.43. The van der Waals surface area contributed by atoms with Crippen LogP contribution in [0.4, 0.5) is 0 Å². The molecule has 0 bridgehead atoms. The third-order valence-electron chi connectivity index (χ3n) is 2.07. The van der Waals surface area contributed by atoms with E-state index in [1.54, 1.807) is 0 Å². The predicted octanol–water partition coefficient (Wildman–Crippen LogP) is 1.92. The SMILES string of the molecule is CC1=CC=CN2C=CC=CB12. The quantitative estimate of drug-likeness (QED) is 0.468. The standard InChI is InChI=1S/C9H10BN/c1-9-5-4-8-11-7-3-2-6-10(9)11/h2-8H,1H3. The Balaban J connectivity index is 2.33. The van der Waals surface area contributed by atoms with Crippen LogP contribution in [0.2, 0.25) is 0 Å². The Morgan fingerprint density at radius 2 is 2.00 bits per heavy atom. The Morgan fingerprint density at radius 3 is 2.82 bits per heavy atom. The summed E-state index contributed by atoms with van der Waals surface area (Å²) < 4.78 is 0. The van der Waals surface area contributed by atoms with Gasteiger partial charge in [0.1, 0.15) is 0 Å². The Labute approximate surface area is 67.5 Å². The Kier molecular flexibility index (Phi) is 1.46. The second-order valence-electron chi connectivity index (χ2n) is 2.87. The minimum absolute atomic E-state index is 0.463. The van der Waals surface area contributed by atoms with Gasteiger partial charge in [0.15, 0.2) is 0 Å². The molecule has 2 heteroatoms. The largest absolute Gasteiger partial charge is 0.390 e. The molecule has 2 rings (SSSR count). The van der Waals surface area contributed by atoms with Crippen LogP contribution in [0.15, 0.2) is 48.2 Å². The molecule has 0 fully saturated rings. The lowest BCUT2D eigenvalue weighted by atomic mass is 9.52. The summed E-state index contributed by atoms with van der Waals surface area (Å²) in [6, 6.07) is 0. The smallest absolute Gasteiger partial charge is 0.315 e. The van der Waals surface area contributed by atoms with Crippen molar-refractivity contribution in [3.8, 4) is 0 Å². The summed E-state index contributed by atoms with van der Waals surface area (Å²) in [7, 11) is 0. The number of hydrogen-bond donors (Lipinski definition) is 0. The van der Waals surface area contributed by atoms with Gasteiger partial charge in [0, 0.05) is 0 Å². The van der Waals surface area contributed by atoms with E-state index in [2.05, 4.69) is 54.4 Å². The fourth-order valence-corrected chi connectivity index (χ4v) is 1.43. The molecule has 0 saturated heterocycles. The Morgan fingerprint density at radius 1 is 1.18 bits per heavy atom. The number of nitrogens with zero attached hydrogens (tertiary/aromatic N) is 1. The van der Waals surface area contributed by atoms with E-state index in [9.17, 15) is 0 Å². The number of fused-ring (bicyclic) bond motifs is 1. The van der Waals surface area contributed by atoms with E-state index in [1.807, 2.05) is 0 Å². The lowest BCUT2D eigenvalue weighted by molar-refractivity contribution is 0.784. The normalized spacial score (nSPS) is 20.3. The third kappa shape index (κ3) is 1.05. The van der Waals surface area contributed by atoms with Crippen LogP contribution in [0.1, 0.15) is 6.92 Å². The number of rotatable bonds is 0. The fraction of sp³-hybridized carbons (Fsp3) is 0.111. The van der Waals surface area contributed by atoms with Crippen LogP contribution in [0.3, 0.4) is 0 Å². The summed E-state index contributed by atoms with van der Waals surface area (Å²) in [5.41, 5.74) is 1.40. The lowest BCUT2D eigenvalue weighted by Gasteiger charge is -2.27. The molecule has 2 aliphatic rings. The highest BCUT2D eigenvalue weighted by molar-refractivity contribution is 6.70. The van der Waals surface area contributed by atoms with Crippen LogP contribution in [0.5, 0.6) is 0 Å². The molecule has 2 aliphatic heterocycles. The summed E-state index contributed by atoms with van der Waals surface area (Å²) in [5.74, 6) is 2.20. The third-order valence-corrected chi connectivity index (χ3v) is 2.07. The molecular weight excluding hydrogens is 133 g/mol. The Hall–Kier alpha value is -1.18. The van der Waals surface area contributed by atoms with Gasteiger partial charge < -0.3 is 4.81 Å². The van der Waals surface area contributed by atoms with Crippen molar-refractivity contribution in [1.82, 2.24) is 4.81 Å². The van der Waals surface area contributed by atoms with Gasteiger partial charge in [0.2, 0.25) is 0 Å². The molecule has 0 unspecified atom stereocenters. The van der Waals surface area contributed by atoms with E-state index in [0.717, 1.165) is 0 Å². The molecule has 0 aromatic carbocycles. The maximum atomic E-state index is 2.20. The van der Waals surface area contributed by atoms with Crippen molar-refractivity contribution in [3.63, 3.8) is 0 Å². The molecule has 2 heterocycles. The van der Waals surface area contributed by atoms with E-state index < -0.39 is 0 Å². The van der Waals surface area contributed by atoms with Gasteiger partial charge in [-0.15, -0.1) is 0 Å². The van der Waals surface area contributed by atoms with E-state index >= 15 is 0 Å². The zero-order chi connectivity index (χ0) is 7.68. The van der Waals surface area contributed by atoms with Crippen molar-refractivity contribution in [3.05, 3.63) is 48.2 Å². The van der Waals surface area contributed by atoms with Gasteiger partial charge in [-0.25, -0.2) is 0 Å². The predicted molar refractivity (Wildman–Crippen MR) is 48.8 cm³/mol. The lowest BCUT2D eigenvalue weighted by Crippen LogP contribution is -2.33. The molecule has 0 spiro atoms. The molecule has 1 nitrogen and oxygen atoms in total. The highest BCUT2D eigenvalue weighted by Crippen LogP contribution is 2.16. The van der Waals surface area contributed by atoms with Crippen molar-refractivity contribution < 1.29 is 0 Å². The van der Waals surface area contributed by atoms with Gasteiger partial charge in [0.25, 0.3) is 0 Å². The topological polar surface area (TPSA) is 3.24 Å². The molecule has 0 N–H and O–H groups in total. The van der Waals surface area contributed by atoms with Gasteiger partial charge in [0.05, 0.1) is 0 Å². The van der Waals surface area contributed by atoms with Crippen LogP contribution in [0.25, 0.3) is 0 Å². The van der Waals surface area contributed by atoms with Gasteiger partial charge in [-0.3, -0.25) is 0 Å². The molecule has 0 aromatic heterocycles. The van der Waals surface area contributed by atoms with E-state index in [4.69, 9.17) is 0 Å². The van der Waals surface area contributed by atoms with Crippen molar-refractivity contribution in [1.29, 1.82) is 0 Å². The average molecular weight is 143 g/mol.